The summed E-state index contributed by atoms with van der Waals surface area (Å²) in [6.07, 6.45) is 0. The predicted molar refractivity (Wildman–Crippen MR) is 61.0 cm³/mol. The molecule has 0 amide bonds. The third-order valence-corrected chi connectivity index (χ3v) is 4.35. The fourth-order valence-electron chi connectivity index (χ4n) is 0.609. The van der Waals surface area contributed by atoms with E-state index in [1.165, 1.54) is 0 Å². The molecule has 0 heterocycles. The molecule has 1 aromatic carbocycles. The molecule has 1 aromatic rings. The predicted octanol–water partition coefficient (Wildman–Crippen LogP) is 4.88. The minimum Gasteiger partial charge on any atom is -0.141 e. The zero-order valence-electron chi connectivity index (χ0n) is 5.41. The summed E-state index contributed by atoms with van der Waals surface area (Å²) in [5, 5.41) is 0.927. The topological polar surface area (TPSA) is 0 Å². The second-order valence-electron chi connectivity index (χ2n) is 1.95. The number of benzene rings is 1. The summed E-state index contributed by atoms with van der Waals surface area (Å²) in [5.74, 6) is 0. The van der Waals surface area contributed by atoms with Crippen LogP contribution in [0.1, 0.15) is 0 Å². The van der Waals surface area contributed by atoms with Crippen molar-refractivity contribution in [3.63, 3.8) is 0 Å². The van der Waals surface area contributed by atoms with Gasteiger partial charge in [-0.3, -0.25) is 0 Å². The van der Waals surface area contributed by atoms with Gasteiger partial charge in [0.1, 0.15) is 0 Å². The molecule has 0 unspecified atom stereocenters. The van der Waals surface area contributed by atoms with Gasteiger partial charge in [0.15, 0.2) is 0 Å². The largest absolute Gasteiger partial charge is 0.141 e. The summed E-state index contributed by atoms with van der Waals surface area (Å²) in [4.78, 5) is 0.860. The van der Waals surface area contributed by atoms with Crippen molar-refractivity contribution in [2.24, 2.45) is 0 Å². The number of rotatable bonds is 0. The minimum atomic E-state index is 0.200. The van der Waals surface area contributed by atoms with Crippen molar-refractivity contribution < 1.29 is 0 Å². The molecule has 0 aliphatic rings. The van der Waals surface area contributed by atoms with Gasteiger partial charge >= 0.3 is 0 Å². The lowest BCUT2D eigenvalue weighted by Gasteiger charge is -2.07. The van der Waals surface area contributed by atoms with Crippen molar-refractivity contribution in [3.8, 4) is 0 Å². The molecule has 1 rings (SSSR count). The first-order chi connectivity index (χ1) is 5.46. The maximum atomic E-state index is 5.76. The van der Waals surface area contributed by atoms with Crippen LogP contribution in [0, 0.1) is 0 Å². The molecule has 0 radical (unpaired) electrons. The summed E-state index contributed by atoms with van der Waals surface area (Å²) in [6, 6.07) is 0. The van der Waals surface area contributed by atoms with E-state index in [1.807, 2.05) is 0 Å². The van der Waals surface area contributed by atoms with Crippen molar-refractivity contribution in [2.75, 3.05) is 0 Å². The van der Waals surface area contributed by atoms with E-state index in [0.29, 0.717) is 9.79 Å². The monoisotopic (exact) mass is 278 g/mol. The molecule has 0 aliphatic heterocycles. The average molecular weight is 280 g/mol. The van der Waals surface area contributed by atoms with Crippen molar-refractivity contribution in [2.45, 2.75) is 9.79 Å². The van der Waals surface area contributed by atoms with Crippen LogP contribution in [-0.4, -0.2) is 0 Å². The Kier molecular flexibility index (Phi) is 3.79. The Morgan fingerprint density at radius 1 is 0.583 bits per heavy atom. The molecule has 0 saturated heterocycles. The Bertz CT molecular complexity index is 232. The van der Waals surface area contributed by atoms with Crippen LogP contribution in [-0.2, 0) is 0 Å². The summed E-state index contributed by atoms with van der Waals surface area (Å²) < 4.78 is 0. The standard InChI is InChI=1S/C6H2Cl4S2/c7-1-2(8)4(10)6(12)5(11)3(1)9/h11-12H. The highest BCUT2D eigenvalue weighted by Crippen LogP contribution is 2.44. The van der Waals surface area contributed by atoms with Crippen molar-refractivity contribution in [1.82, 2.24) is 0 Å². The molecule has 0 atom stereocenters. The van der Waals surface area contributed by atoms with Gasteiger partial charge in [-0.2, -0.15) is 0 Å². The summed E-state index contributed by atoms with van der Waals surface area (Å²) in [7, 11) is 0. The van der Waals surface area contributed by atoms with Crippen molar-refractivity contribution in [1.29, 1.82) is 0 Å². The second-order valence-corrected chi connectivity index (χ2v) is 4.36. The van der Waals surface area contributed by atoms with Gasteiger partial charge in [0.2, 0.25) is 0 Å². The first-order valence-corrected chi connectivity index (χ1v) is 5.11. The number of thiol groups is 2. The van der Waals surface area contributed by atoms with E-state index in [9.17, 15) is 0 Å². The Labute approximate surface area is 101 Å². The quantitative estimate of drug-likeness (QED) is 0.378. The minimum absolute atomic E-state index is 0.200. The van der Waals surface area contributed by atoms with Crippen molar-refractivity contribution >= 4 is 71.7 Å². The summed E-state index contributed by atoms with van der Waals surface area (Å²) in [6.45, 7) is 0. The fourth-order valence-corrected chi connectivity index (χ4v) is 2.17. The van der Waals surface area contributed by atoms with Gasteiger partial charge in [-0.1, -0.05) is 46.4 Å². The molecule has 6 heteroatoms. The smallest absolute Gasteiger partial charge is 0.0805 e. The average Bonchev–Trinajstić information content (AvgIpc) is 2.08. The van der Waals surface area contributed by atoms with E-state index in [4.69, 9.17) is 46.4 Å². The van der Waals surface area contributed by atoms with E-state index in [-0.39, 0.29) is 20.1 Å². The molecule has 0 aromatic heterocycles. The van der Waals surface area contributed by atoms with Crippen LogP contribution in [0.4, 0.5) is 0 Å². The molecular weight excluding hydrogens is 278 g/mol. The molecule has 0 fully saturated rings. The van der Waals surface area contributed by atoms with Crippen LogP contribution in [0.5, 0.6) is 0 Å². The summed E-state index contributed by atoms with van der Waals surface area (Å²) >= 11 is 31.1. The van der Waals surface area contributed by atoms with E-state index >= 15 is 0 Å². The Morgan fingerprint density at radius 3 is 1.08 bits per heavy atom. The van der Waals surface area contributed by atoms with Crippen LogP contribution < -0.4 is 0 Å². The highest BCUT2D eigenvalue weighted by Gasteiger charge is 2.15. The Hall–Kier alpha value is 1.08. The molecule has 0 N–H and O–H groups in total. The van der Waals surface area contributed by atoms with Gasteiger partial charge in [0, 0.05) is 9.79 Å². The molecule has 66 valence electrons. The maximum Gasteiger partial charge on any atom is 0.0805 e. The number of hydrogen-bond acceptors (Lipinski definition) is 2. The van der Waals surface area contributed by atoms with Gasteiger partial charge in [0.25, 0.3) is 0 Å². The third kappa shape index (κ3) is 1.79. The van der Waals surface area contributed by atoms with E-state index in [2.05, 4.69) is 25.3 Å². The van der Waals surface area contributed by atoms with Gasteiger partial charge in [-0.05, 0) is 0 Å². The molecule has 0 bridgehead atoms. The van der Waals surface area contributed by atoms with Crippen LogP contribution in [0.3, 0.4) is 0 Å². The number of halogens is 4. The lowest BCUT2D eigenvalue weighted by Crippen LogP contribution is -1.81. The van der Waals surface area contributed by atoms with Crippen LogP contribution in [0.25, 0.3) is 0 Å². The molecule has 0 saturated carbocycles. The van der Waals surface area contributed by atoms with Gasteiger partial charge in [0.05, 0.1) is 20.1 Å². The second kappa shape index (κ2) is 4.07. The van der Waals surface area contributed by atoms with E-state index < -0.39 is 0 Å². The molecule has 12 heavy (non-hydrogen) atoms. The van der Waals surface area contributed by atoms with Gasteiger partial charge in [-0.15, -0.1) is 25.3 Å². The number of hydrogen-bond donors (Lipinski definition) is 2. The van der Waals surface area contributed by atoms with Crippen LogP contribution >= 0.6 is 71.7 Å². The van der Waals surface area contributed by atoms with E-state index in [1.54, 1.807) is 0 Å². The molecule has 0 spiro atoms. The Morgan fingerprint density at radius 2 is 0.833 bits per heavy atom. The normalized spacial score (nSPS) is 10.5. The van der Waals surface area contributed by atoms with Gasteiger partial charge in [-0.25, -0.2) is 0 Å². The lowest BCUT2D eigenvalue weighted by atomic mass is 10.3. The molecular formula is C6H2Cl4S2. The highest BCUT2D eigenvalue weighted by molar-refractivity contribution is 7.83. The zero-order chi connectivity index (χ0) is 9.46. The van der Waals surface area contributed by atoms with Crippen molar-refractivity contribution in [3.05, 3.63) is 20.1 Å². The first kappa shape index (κ1) is 11.2. The van der Waals surface area contributed by atoms with E-state index in [0.717, 1.165) is 0 Å². The third-order valence-electron chi connectivity index (χ3n) is 1.22. The Balaban J connectivity index is 3.60. The zero-order valence-corrected chi connectivity index (χ0v) is 10.2. The lowest BCUT2D eigenvalue weighted by molar-refractivity contribution is 1.27. The van der Waals surface area contributed by atoms with Crippen LogP contribution in [0.15, 0.2) is 9.79 Å². The SMILES string of the molecule is Sc1c(S)c(Cl)c(Cl)c(Cl)c1Cl. The molecule has 0 aliphatic carbocycles. The van der Waals surface area contributed by atoms with Gasteiger partial charge < -0.3 is 0 Å². The highest BCUT2D eigenvalue weighted by atomic mass is 35.5. The van der Waals surface area contributed by atoms with Crippen LogP contribution in [0.2, 0.25) is 20.1 Å². The fraction of sp³-hybridized carbons (Fsp3) is 0. The first-order valence-electron chi connectivity index (χ1n) is 2.70. The molecule has 0 nitrogen and oxygen atoms in total. The summed E-state index contributed by atoms with van der Waals surface area (Å²) in [5.41, 5.74) is 0. The maximum absolute atomic E-state index is 5.76.